The van der Waals surface area contributed by atoms with Crippen molar-refractivity contribution >= 4 is 27.0 Å². The van der Waals surface area contributed by atoms with Crippen LogP contribution in [0.1, 0.15) is 22.7 Å². The zero-order valence-electron chi connectivity index (χ0n) is 24.0. The molecular formula is C33H29F3N4O4S. The molecule has 1 aliphatic rings. The van der Waals surface area contributed by atoms with Crippen LogP contribution in [0.25, 0.3) is 11.0 Å². The molecule has 2 heterocycles. The molecule has 0 unspecified atom stereocenters. The van der Waals surface area contributed by atoms with Gasteiger partial charge in [0.25, 0.3) is 10.0 Å². The normalized spacial score (nSPS) is 14.7. The second-order valence-electron chi connectivity index (χ2n) is 10.8. The number of para-hydroxylation sites is 2. The van der Waals surface area contributed by atoms with Gasteiger partial charge >= 0.3 is 11.9 Å². The molecular weight excluding hydrogens is 605 g/mol. The van der Waals surface area contributed by atoms with Crippen molar-refractivity contribution in [1.82, 2.24) is 18.3 Å². The van der Waals surface area contributed by atoms with Gasteiger partial charge in [-0.15, -0.1) is 0 Å². The van der Waals surface area contributed by atoms with Crippen LogP contribution in [-0.2, 0) is 27.5 Å². The van der Waals surface area contributed by atoms with Crippen LogP contribution in [0, 0.1) is 0 Å². The predicted octanol–water partition coefficient (Wildman–Crippen LogP) is 4.99. The van der Waals surface area contributed by atoms with Crippen LogP contribution in [0.5, 0.6) is 0 Å². The number of aromatic nitrogens is 2. The summed E-state index contributed by atoms with van der Waals surface area (Å²) in [6.45, 7) is 1.50. The monoisotopic (exact) mass is 634 g/mol. The minimum atomic E-state index is -4.77. The molecule has 8 nitrogen and oxygen atoms in total. The van der Waals surface area contributed by atoms with Gasteiger partial charge in [0, 0.05) is 26.2 Å². The summed E-state index contributed by atoms with van der Waals surface area (Å²) in [6.07, 6.45) is -4.77. The second-order valence-corrected chi connectivity index (χ2v) is 12.6. The molecule has 0 saturated carbocycles. The molecule has 4 aromatic carbocycles. The molecule has 0 bridgehead atoms. The summed E-state index contributed by atoms with van der Waals surface area (Å²) in [5.74, 6) is -0.368. The van der Waals surface area contributed by atoms with Crippen molar-refractivity contribution in [2.75, 3.05) is 26.2 Å². The molecule has 6 rings (SSSR count). The maximum Gasteiger partial charge on any atom is 0.416 e. The molecule has 5 aromatic rings. The first-order chi connectivity index (χ1) is 21.6. The fourth-order valence-electron chi connectivity index (χ4n) is 5.85. The number of benzene rings is 4. The van der Waals surface area contributed by atoms with Gasteiger partial charge < -0.3 is 4.90 Å². The van der Waals surface area contributed by atoms with Crippen molar-refractivity contribution < 1.29 is 26.4 Å². The van der Waals surface area contributed by atoms with Crippen molar-refractivity contribution in [2.45, 2.75) is 23.7 Å². The lowest BCUT2D eigenvalue weighted by Crippen LogP contribution is -2.51. The Labute approximate surface area is 257 Å². The first-order valence-electron chi connectivity index (χ1n) is 14.3. The minimum absolute atomic E-state index is 0.00805. The van der Waals surface area contributed by atoms with Crippen molar-refractivity contribution in [3.05, 3.63) is 136 Å². The van der Waals surface area contributed by atoms with Crippen LogP contribution in [0.15, 0.2) is 119 Å². The van der Waals surface area contributed by atoms with E-state index in [4.69, 9.17) is 0 Å². The topological polar surface area (TPSA) is 84.6 Å². The van der Waals surface area contributed by atoms with Crippen LogP contribution in [0.4, 0.5) is 13.2 Å². The molecule has 0 aliphatic carbocycles. The van der Waals surface area contributed by atoms with Gasteiger partial charge in [-0.1, -0.05) is 78.9 Å². The highest BCUT2D eigenvalue weighted by molar-refractivity contribution is 7.90. The fraction of sp³-hybridized carbons (Fsp3) is 0.212. The zero-order valence-corrected chi connectivity index (χ0v) is 24.8. The van der Waals surface area contributed by atoms with Gasteiger partial charge in [-0.05, 0) is 41.5 Å². The second kappa shape index (κ2) is 12.0. The van der Waals surface area contributed by atoms with E-state index in [0.717, 1.165) is 33.9 Å². The third-order valence-corrected chi connectivity index (χ3v) is 9.73. The average Bonchev–Trinajstić information content (AvgIpc) is 3.33. The van der Waals surface area contributed by atoms with Crippen LogP contribution < -0.4 is 5.69 Å². The van der Waals surface area contributed by atoms with Gasteiger partial charge in [-0.3, -0.25) is 14.3 Å². The molecule has 1 saturated heterocycles. The Morgan fingerprint density at radius 2 is 1.29 bits per heavy atom. The summed E-state index contributed by atoms with van der Waals surface area (Å²) in [4.78, 5) is 30.4. The highest BCUT2D eigenvalue weighted by Gasteiger charge is 2.34. The number of hydrogen-bond donors (Lipinski definition) is 0. The van der Waals surface area contributed by atoms with Crippen molar-refractivity contribution in [3.8, 4) is 0 Å². The Bertz CT molecular complexity index is 1960. The summed E-state index contributed by atoms with van der Waals surface area (Å²) in [6, 6.07) is 29.4. The molecule has 1 fully saturated rings. The molecule has 0 N–H and O–H groups in total. The molecule has 232 valence electrons. The summed E-state index contributed by atoms with van der Waals surface area (Å²) in [5.41, 5.74) is 0.212. The van der Waals surface area contributed by atoms with Crippen molar-refractivity contribution in [2.24, 2.45) is 0 Å². The highest BCUT2D eigenvalue weighted by atomic mass is 32.2. The van der Waals surface area contributed by atoms with Crippen LogP contribution >= 0.6 is 0 Å². The fourth-order valence-corrected chi connectivity index (χ4v) is 7.31. The molecule has 12 heteroatoms. The SMILES string of the molecule is O=C(Cn1c(=O)n(S(=O)(=O)c2cccc(C(F)(F)F)c2)c2ccccc21)N1CCN(C(c2ccccc2)c2ccccc2)CC1. The van der Waals surface area contributed by atoms with Crippen molar-refractivity contribution in [3.63, 3.8) is 0 Å². The zero-order chi connectivity index (χ0) is 31.8. The van der Waals surface area contributed by atoms with Gasteiger partial charge in [-0.25, -0.2) is 13.2 Å². The maximum atomic E-state index is 13.6. The number of nitrogens with zero attached hydrogens (tertiary/aromatic N) is 4. The molecule has 0 atom stereocenters. The highest BCUT2D eigenvalue weighted by Crippen LogP contribution is 2.32. The third kappa shape index (κ3) is 5.90. The average molecular weight is 635 g/mol. The van der Waals surface area contributed by atoms with Crippen LogP contribution in [0.3, 0.4) is 0 Å². The number of hydrogen-bond acceptors (Lipinski definition) is 5. The third-order valence-electron chi connectivity index (χ3n) is 8.05. The van der Waals surface area contributed by atoms with Gasteiger partial charge in [-0.2, -0.15) is 17.1 Å². The lowest BCUT2D eigenvalue weighted by Gasteiger charge is -2.39. The Morgan fingerprint density at radius 3 is 1.87 bits per heavy atom. The number of fused-ring (bicyclic) bond motifs is 1. The summed E-state index contributed by atoms with van der Waals surface area (Å²) in [7, 11) is -4.74. The number of carbonyl (C=O) groups excluding carboxylic acids is 1. The number of halogens is 3. The van der Waals surface area contributed by atoms with E-state index in [1.54, 1.807) is 11.0 Å². The van der Waals surface area contributed by atoms with E-state index in [2.05, 4.69) is 29.2 Å². The minimum Gasteiger partial charge on any atom is -0.339 e. The lowest BCUT2D eigenvalue weighted by molar-refractivity contribution is -0.137. The van der Waals surface area contributed by atoms with E-state index < -0.39 is 38.9 Å². The van der Waals surface area contributed by atoms with E-state index in [9.17, 15) is 31.2 Å². The van der Waals surface area contributed by atoms with E-state index in [1.807, 2.05) is 36.4 Å². The largest absolute Gasteiger partial charge is 0.416 e. The molecule has 1 aliphatic heterocycles. The standard InChI is InChI=1S/C33H29F3N4O4S/c34-33(35,36)26-14-9-15-27(22-26)45(43,44)40-29-17-8-7-16-28(29)39(32(40)42)23-30(41)37-18-20-38(21-19-37)31(24-10-3-1-4-11-24)25-12-5-2-6-13-25/h1-17,22,31H,18-21,23H2. The number of alkyl halides is 3. The molecule has 0 spiro atoms. The molecule has 0 radical (unpaired) electrons. The Kier molecular flexibility index (Phi) is 8.10. The predicted molar refractivity (Wildman–Crippen MR) is 163 cm³/mol. The quantitative estimate of drug-likeness (QED) is 0.252. The van der Waals surface area contributed by atoms with Gasteiger partial charge in [0.2, 0.25) is 5.91 Å². The first-order valence-corrected chi connectivity index (χ1v) is 15.7. The van der Waals surface area contributed by atoms with Gasteiger partial charge in [0.05, 0.1) is 27.5 Å². The summed E-state index contributed by atoms with van der Waals surface area (Å²) < 4.78 is 68.7. The van der Waals surface area contributed by atoms with E-state index in [1.165, 1.54) is 18.2 Å². The molecule has 1 amide bonds. The summed E-state index contributed by atoms with van der Waals surface area (Å²) >= 11 is 0. The first kappa shape index (κ1) is 30.4. The smallest absolute Gasteiger partial charge is 0.339 e. The van der Waals surface area contributed by atoms with Crippen LogP contribution in [0.2, 0.25) is 0 Å². The van der Waals surface area contributed by atoms with Gasteiger partial charge in [0.1, 0.15) is 6.54 Å². The van der Waals surface area contributed by atoms with E-state index in [-0.39, 0.29) is 23.0 Å². The van der Waals surface area contributed by atoms with Crippen molar-refractivity contribution in [1.29, 1.82) is 0 Å². The Hall–Kier alpha value is -4.68. The maximum absolute atomic E-state index is 13.6. The van der Waals surface area contributed by atoms with Crippen LogP contribution in [-0.4, -0.2) is 58.8 Å². The Morgan fingerprint density at radius 1 is 0.733 bits per heavy atom. The Balaban J connectivity index is 1.26. The lowest BCUT2D eigenvalue weighted by atomic mass is 9.96. The van der Waals surface area contributed by atoms with E-state index >= 15 is 0 Å². The number of amides is 1. The number of imidazole rings is 1. The molecule has 45 heavy (non-hydrogen) atoms. The number of carbonyl (C=O) groups is 1. The summed E-state index contributed by atoms with van der Waals surface area (Å²) in [5, 5.41) is 0. The van der Waals surface area contributed by atoms with Gasteiger partial charge in [0.15, 0.2) is 0 Å². The number of piperazine rings is 1. The van der Waals surface area contributed by atoms with E-state index in [0.29, 0.717) is 36.2 Å². The molecule has 1 aromatic heterocycles. The number of rotatable bonds is 7.